The maximum Gasteiger partial charge on any atom is 0.356 e. The number of nitrogens with one attached hydrogen (secondary N) is 1. The third kappa shape index (κ3) is 2.80. The van der Waals surface area contributed by atoms with Gasteiger partial charge < -0.3 is 15.5 Å². The van der Waals surface area contributed by atoms with Gasteiger partial charge >= 0.3 is 5.97 Å². The summed E-state index contributed by atoms with van der Waals surface area (Å²) >= 11 is 0. The van der Waals surface area contributed by atoms with Gasteiger partial charge in [-0.1, -0.05) is 0 Å². The number of carboxylic acid groups (broad SMARTS) is 1. The largest absolute Gasteiger partial charge is 0.476 e. The van der Waals surface area contributed by atoms with Gasteiger partial charge in [0.05, 0.1) is 6.61 Å². The topological polar surface area (TPSA) is 104 Å². The van der Waals surface area contributed by atoms with Gasteiger partial charge in [-0.05, 0) is 13.0 Å². The molecule has 1 atom stereocenters. The van der Waals surface area contributed by atoms with E-state index in [1.807, 2.05) is 0 Å². The van der Waals surface area contributed by atoms with E-state index in [1.165, 1.54) is 16.9 Å². The van der Waals surface area contributed by atoms with Crippen LogP contribution in [0.1, 0.15) is 23.5 Å². The first-order valence-corrected chi connectivity index (χ1v) is 4.73. The summed E-state index contributed by atoms with van der Waals surface area (Å²) in [5.74, 6) is -1.46. The van der Waals surface area contributed by atoms with Gasteiger partial charge in [-0.15, -0.1) is 0 Å². The number of carbonyl (C=O) groups is 2. The Morgan fingerprint density at radius 3 is 2.81 bits per heavy atom. The molecule has 0 radical (unpaired) electrons. The molecule has 0 saturated carbocycles. The van der Waals surface area contributed by atoms with E-state index >= 15 is 0 Å². The van der Waals surface area contributed by atoms with Crippen LogP contribution in [0.3, 0.4) is 0 Å². The number of rotatable bonds is 5. The second kappa shape index (κ2) is 5.26. The van der Waals surface area contributed by atoms with Crippen LogP contribution < -0.4 is 5.32 Å². The van der Waals surface area contributed by atoms with E-state index < -0.39 is 12.0 Å². The van der Waals surface area contributed by atoms with Crippen molar-refractivity contribution in [3.05, 3.63) is 18.0 Å². The Morgan fingerprint density at radius 2 is 2.31 bits per heavy atom. The monoisotopic (exact) mass is 227 g/mol. The minimum atomic E-state index is -1.14. The number of carbonyl (C=O) groups excluding carboxylic acids is 1. The smallest absolute Gasteiger partial charge is 0.356 e. The van der Waals surface area contributed by atoms with E-state index in [0.29, 0.717) is 0 Å². The third-order valence-corrected chi connectivity index (χ3v) is 2.01. The van der Waals surface area contributed by atoms with Crippen molar-refractivity contribution >= 4 is 11.9 Å². The number of amides is 1. The summed E-state index contributed by atoms with van der Waals surface area (Å²) in [7, 11) is 0. The van der Waals surface area contributed by atoms with E-state index in [1.54, 1.807) is 6.92 Å². The standard InChI is InChI=1S/C9H13N3O4/c1-6(8(14)10-3-5-13)12-4-2-7(11-12)9(15)16/h2,4,6,13H,3,5H2,1H3,(H,10,14)(H,15,16). The average Bonchev–Trinajstić information content (AvgIpc) is 2.74. The van der Waals surface area contributed by atoms with Gasteiger partial charge in [0.15, 0.2) is 5.69 Å². The van der Waals surface area contributed by atoms with Gasteiger partial charge in [0.25, 0.3) is 0 Å². The summed E-state index contributed by atoms with van der Waals surface area (Å²) in [4.78, 5) is 22.0. The zero-order chi connectivity index (χ0) is 12.1. The summed E-state index contributed by atoms with van der Waals surface area (Å²) < 4.78 is 1.26. The van der Waals surface area contributed by atoms with Crippen molar-refractivity contribution in [1.29, 1.82) is 0 Å². The first-order valence-electron chi connectivity index (χ1n) is 4.73. The number of nitrogens with zero attached hydrogens (tertiary/aromatic N) is 2. The molecule has 1 amide bonds. The van der Waals surface area contributed by atoms with Crippen LogP contribution in [0.4, 0.5) is 0 Å². The normalized spacial score (nSPS) is 12.1. The lowest BCUT2D eigenvalue weighted by molar-refractivity contribution is -0.124. The second-order valence-electron chi connectivity index (χ2n) is 3.18. The lowest BCUT2D eigenvalue weighted by Crippen LogP contribution is -2.33. The molecule has 1 heterocycles. The zero-order valence-electron chi connectivity index (χ0n) is 8.75. The molecular weight excluding hydrogens is 214 g/mol. The van der Waals surface area contributed by atoms with Gasteiger partial charge in [-0.25, -0.2) is 4.79 Å². The fraction of sp³-hybridized carbons (Fsp3) is 0.444. The highest BCUT2D eigenvalue weighted by molar-refractivity contribution is 5.85. The molecule has 16 heavy (non-hydrogen) atoms. The van der Waals surface area contributed by atoms with Crippen molar-refractivity contribution in [2.45, 2.75) is 13.0 Å². The molecule has 0 spiro atoms. The van der Waals surface area contributed by atoms with Gasteiger partial charge in [0.2, 0.25) is 5.91 Å². The van der Waals surface area contributed by atoms with Crippen LogP contribution in [-0.4, -0.2) is 45.0 Å². The Bertz CT molecular complexity index is 388. The van der Waals surface area contributed by atoms with Gasteiger partial charge in [-0.2, -0.15) is 5.10 Å². The van der Waals surface area contributed by atoms with Crippen molar-refractivity contribution in [1.82, 2.24) is 15.1 Å². The highest BCUT2D eigenvalue weighted by Gasteiger charge is 2.16. The molecule has 0 saturated heterocycles. The summed E-state index contributed by atoms with van der Waals surface area (Å²) in [6.07, 6.45) is 1.42. The number of aromatic carboxylic acids is 1. The van der Waals surface area contributed by atoms with E-state index in [9.17, 15) is 9.59 Å². The number of aromatic nitrogens is 2. The SMILES string of the molecule is CC(C(=O)NCCO)n1ccc(C(=O)O)n1. The maximum atomic E-state index is 11.5. The van der Waals surface area contributed by atoms with E-state index in [4.69, 9.17) is 10.2 Å². The highest BCUT2D eigenvalue weighted by Crippen LogP contribution is 2.05. The molecule has 88 valence electrons. The molecule has 1 rings (SSSR count). The molecule has 1 aromatic heterocycles. The van der Waals surface area contributed by atoms with Crippen LogP contribution in [0.15, 0.2) is 12.3 Å². The fourth-order valence-corrected chi connectivity index (χ4v) is 1.11. The summed E-state index contributed by atoms with van der Waals surface area (Å²) in [6, 6.07) is 0.706. The van der Waals surface area contributed by atoms with E-state index in [-0.39, 0.29) is 24.8 Å². The molecule has 0 aliphatic rings. The average molecular weight is 227 g/mol. The van der Waals surface area contributed by atoms with E-state index in [2.05, 4.69) is 10.4 Å². The molecule has 0 bridgehead atoms. The minimum Gasteiger partial charge on any atom is -0.476 e. The highest BCUT2D eigenvalue weighted by atomic mass is 16.4. The lowest BCUT2D eigenvalue weighted by atomic mass is 10.3. The number of hydrogen-bond donors (Lipinski definition) is 3. The molecule has 1 aromatic rings. The Labute approximate surface area is 91.7 Å². The first-order chi connectivity index (χ1) is 7.56. The Kier molecular flexibility index (Phi) is 4.01. The van der Waals surface area contributed by atoms with Gasteiger partial charge in [0.1, 0.15) is 6.04 Å². The van der Waals surface area contributed by atoms with Crippen molar-refractivity contribution < 1.29 is 19.8 Å². The number of aliphatic hydroxyl groups is 1. The molecule has 0 aromatic carbocycles. The van der Waals surface area contributed by atoms with Gasteiger partial charge in [-0.3, -0.25) is 9.48 Å². The molecule has 0 aliphatic carbocycles. The molecule has 1 unspecified atom stereocenters. The third-order valence-electron chi connectivity index (χ3n) is 2.01. The number of aliphatic hydroxyl groups excluding tert-OH is 1. The summed E-state index contributed by atoms with van der Waals surface area (Å²) in [5, 5.41) is 23.4. The van der Waals surface area contributed by atoms with Crippen LogP contribution in [0.5, 0.6) is 0 Å². The number of carboxylic acids is 1. The molecule has 7 nitrogen and oxygen atoms in total. The Morgan fingerprint density at radius 1 is 1.62 bits per heavy atom. The molecule has 7 heteroatoms. The quantitative estimate of drug-likeness (QED) is 0.614. The number of hydrogen-bond acceptors (Lipinski definition) is 4. The second-order valence-corrected chi connectivity index (χ2v) is 3.18. The maximum absolute atomic E-state index is 11.5. The summed E-state index contributed by atoms with van der Waals surface area (Å²) in [6.45, 7) is 1.61. The van der Waals surface area contributed by atoms with Crippen LogP contribution in [0.2, 0.25) is 0 Å². The molecule has 0 aliphatic heterocycles. The van der Waals surface area contributed by atoms with Crippen molar-refractivity contribution in [3.8, 4) is 0 Å². The predicted molar refractivity (Wildman–Crippen MR) is 54.0 cm³/mol. The van der Waals surface area contributed by atoms with Crippen molar-refractivity contribution in [2.24, 2.45) is 0 Å². The molecule has 0 fully saturated rings. The van der Waals surface area contributed by atoms with Gasteiger partial charge in [0, 0.05) is 12.7 Å². The van der Waals surface area contributed by atoms with Crippen molar-refractivity contribution in [2.75, 3.05) is 13.2 Å². The Balaban J connectivity index is 2.68. The van der Waals surface area contributed by atoms with Crippen LogP contribution in [0.25, 0.3) is 0 Å². The first kappa shape index (κ1) is 12.2. The molecule has 3 N–H and O–H groups in total. The fourth-order valence-electron chi connectivity index (χ4n) is 1.11. The van der Waals surface area contributed by atoms with Crippen LogP contribution in [-0.2, 0) is 4.79 Å². The van der Waals surface area contributed by atoms with Crippen LogP contribution in [0, 0.1) is 0 Å². The lowest BCUT2D eigenvalue weighted by Gasteiger charge is -2.11. The van der Waals surface area contributed by atoms with Crippen LogP contribution >= 0.6 is 0 Å². The summed E-state index contributed by atoms with van der Waals surface area (Å²) in [5.41, 5.74) is -0.109. The van der Waals surface area contributed by atoms with E-state index in [0.717, 1.165) is 0 Å². The minimum absolute atomic E-state index is 0.109. The Hall–Kier alpha value is -1.89. The zero-order valence-corrected chi connectivity index (χ0v) is 8.75. The predicted octanol–water partition coefficient (Wildman–Crippen LogP) is -0.749. The molecular formula is C9H13N3O4. The van der Waals surface area contributed by atoms with Crippen molar-refractivity contribution in [3.63, 3.8) is 0 Å².